The highest BCUT2D eigenvalue weighted by atomic mass is 16.5. The van der Waals surface area contributed by atoms with E-state index in [0.717, 1.165) is 76.1 Å². The van der Waals surface area contributed by atoms with Gasteiger partial charge < -0.3 is 19.4 Å². The normalized spacial score (nSPS) is 18.2. The Morgan fingerprint density at radius 2 is 1.88 bits per heavy atom. The van der Waals surface area contributed by atoms with E-state index in [1.807, 2.05) is 0 Å². The lowest BCUT2D eigenvalue weighted by Crippen LogP contribution is -2.40. The minimum absolute atomic E-state index is 0.743. The molecule has 2 aliphatic heterocycles. The summed E-state index contributed by atoms with van der Waals surface area (Å²) in [7, 11) is 2.14. The van der Waals surface area contributed by atoms with Crippen molar-refractivity contribution in [2.75, 3.05) is 62.8 Å². The van der Waals surface area contributed by atoms with Gasteiger partial charge in [0.1, 0.15) is 17.7 Å². The third kappa shape index (κ3) is 3.06. The number of pyridine rings is 1. The minimum Gasteiger partial charge on any atom is -0.378 e. The van der Waals surface area contributed by atoms with E-state index in [1.54, 1.807) is 0 Å². The summed E-state index contributed by atoms with van der Waals surface area (Å²) in [4.78, 5) is 11.8. The second-order valence-electron chi connectivity index (χ2n) is 6.46. The van der Waals surface area contributed by atoms with Crippen molar-refractivity contribution in [3.05, 3.63) is 16.7 Å². The molecule has 6 heteroatoms. The Hall–Kier alpha value is -1.84. The Kier molecular flexibility index (Phi) is 5.22. The molecule has 0 bridgehead atoms. The Morgan fingerprint density at radius 3 is 2.50 bits per heavy atom. The molecule has 0 atom stereocenters. The van der Waals surface area contributed by atoms with E-state index in [2.05, 4.69) is 41.7 Å². The Labute approximate surface area is 144 Å². The first-order valence-electron chi connectivity index (χ1n) is 8.91. The topological polar surface area (TPSA) is 55.6 Å². The second-order valence-corrected chi connectivity index (χ2v) is 6.46. The molecular formula is C18H27N5O. The van der Waals surface area contributed by atoms with Gasteiger partial charge >= 0.3 is 0 Å². The first kappa shape index (κ1) is 17.0. The molecule has 1 fully saturated rings. The number of likely N-dealkylation sites (N-methyl/N-ethyl adjacent to an activating group) is 1. The Morgan fingerprint density at radius 1 is 1.17 bits per heavy atom. The van der Waals surface area contributed by atoms with Gasteiger partial charge in [0.15, 0.2) is 0 Å². The highest BCUT2D eigenvalue weighted by Gasteiger charge is 2.28. The monoisotopic (exact) mass is 329 g/mol. The lowest BCUT2D eigenvalue weighted by atomic mass is 9.95. The summed E-state index contributed by atoms with van der Waals surface area (Å²) in [6, 6.07) is 2.45. The molecule has 0 spiro atoms. The second kappa shape index (κ2) is 7.37. The van der Waals surface area contributed by atoms with Crippen molar-refractivity contribution in [1.82, 2.24) is 9.88 Å². The number of anilines is 2. The molecule has 0 N–H and O–H groups in total. The maximum Gasteiger partial charge on any atom is 0.149 e. The largest absolute Gasteiger partial charge is 0.378 e. The van der Waals surface area contributed by atoms with Gasteiger partial charge in [-0.05, 0) is 32.9 Å². The third-order valence-electron chi connectivity index (χ3n) is 5.03. The summed E-state index contributed by atoms with van der Waals surface area (Å²) in [5.41, 5.74) is 3.21. The first-order chi connectivity index (χ1) is 11.7. The standard InChI is InChI=1S/C18H27N5O/c1-4-22(5-2)17-15(12-19)14-6-7-21(3)13-16(14)18(20-17)23-8-10-24-11-9-23/h4-11,13H2,1-3H3. The van der Waals surface area contributed by atoms with Crippen molar-refractivity contribution in [2.24, 2.45) is 0 Å². The van der Waals surface area contributed by atoms with Crippen LogP contribution in [0.25, 0.3) is 0 Å². The van der Waals surface area contributed by atoms with Gasteiger partial charge in [-0.15, -0.1) is 0 Å². The van der Waals surface area contributed by atoms with Gasteiger partial charge in [0.25, 0.3) is 0 Å². The molecule has 1 aromatic heterocycles. The molecule has 0 unspecified atom stereocenters. The van der Waals surface area contributed by atoms with Crippen molar-refractivity contribution in [3.63, 3.8) is 0 Å². The summed E-state index contributed by atoms with van der Waals surface area (Å²) in [5.74, 6) is 1.91. The molecular weight excluding hydrogens is 302 g/mol. The maximum atomic E-state index is 9.82. The fourth-order valence-electron chi connectivity index (χ4n) is 3.64. The third-order valence-corrected chi connectivity index (χ3v) is 5.03. The van der Waals surface area contributed by atoms with Crippen LogP contribution in [-0.4, -0.2) is 62.9 Å². The molecule has 0 saturated carbocycles. The lowest BCUT2D eigenvalue weighted by molar-refractivity contribution is 0.122. The summed E-state index contributed by atoms with van der Waals surface area (Å²) in [6.07, 6.45) is 0.919. The van der Waals surface area contributed by atoms with Crippen LogP contribution < -0.4 is 9.80 Å². The lowest BCUT2D eigenvalue weighted by Gasteiger charge is -2.35. The number of nitrogens with zero attached hydrogens (tertiary/aromatic N) is 5. The van der Waals surface area contributed by atoms with E-state index < -0.39 is 0 Å². The minimum atomic E-state index is 0.743. The summed E-state index contributed by atoms with van der Waals surface area (Å²) in [6.45, 7) is 11.0. The van der Waals surface area contributed by atoms with Crippen LogP contribution in [0.1, 0.15) is 30.5 Å². The number of morpholine rings is 1. The highest BCUT2D eigenvalue weighted by molar-refractivity contribution is 5.67. The number of ether oxygens (including phenoxy) is 1. The molecule has 130 valence electrons. The predicted molar refractivity (Wildman–Crippen MR) is 95.6 cm³/mol. The summed E-state index contributed by atoms with van der Waals surface area (Å²) in [5, 5.41) is 9.82. The van der Waals surface area contributed by atoms with Crippen LogP contribution >= 0.6 is 0 Å². The van der Waals surface area contributed by atoms with Gasteiger partial charge in [-0.2, -0.15) is 5.26 Å². The van der Waals surface area contributed by atoms with E-state index in [0.29, 0.717) is 0 Å². The van der Waals surface area contributed by atoms with Crippen molar-refractivity contribution in [2.45, 2.75) is 26.8 Å². The molecule has 1 aromatic rings. The SMILES string of the molecule is CCN(CC)c1nc(N2CCOCC2)c2c(c1C#N)CCN(C)C2. The van der Waals surface area contributed by atoms with Crippen molar-refractivity contribution < 1.29 is 4.74 Å². The predicted octanol–water partition coefficient (Wildman–Crippen LogP) is 1.62. The number of fused-ring (bicyclic) bond motifs is 1. The van der Waals surface area contributed by atoms with E-state index >= 15 is 0 Å². The van der Waals surface area contributed by atoms with Crippen LogP contribution in [0.2, 0.25) is 0 Å². The van der Waals surface area contributed by atoms with Crippen LogP contribution in [0.4, 0.5) is 11.6 Å². The quantitative estimate of drug-likeness (QED) is 0.837. The van der Waals surface area contributed by atoms with Gasteiger partial charge in [-0.1, -0.05) is 0 Å². The first-order valence-corrected chi connectivity index (χ1v) is 8.91. The molecule has 0 amide bonds. The average Bonchev–Trinajstić information content (AvgIpc) is 2.62. The van der Waals surface area contributed by atoms with Gasteiger partial charge in [-0.25, -0.2) is 4.98 Å². The number of nitriles is 1. The molecule has 2 aliphatic rings. The molecule has 0 radical (unpaired) electrons. The smallest absolute Gasteiger partial charge is 0.149 e. The zero-order chi connectivity index (χ0) is 17.1. The maximum absolute atomic E-state index is 9.82. The van der Waals surface area contributed by atoms with E-state index in [4.69, 9.17) is 9.72 Å². The number of hydrogen-bond acceptors (Lipinski definition) is 6. The highest BCUT2D eigenvalue weighted by Crippen LogP contribution is 2.35. The van der Waals surface area contributed by atoms with Crippen molar-refractivity contribution in [1.29, 1.82) is 5.26 Å². The van der Waals surface area contributed by atoms with E-state index in [-0.39, 0.29) is 0 Å². The molecule has 3 heterocycles. The molecule has 0 aromatic carbocycles. The number of rotatable bonds is 4. The van der Waals surface area contributed by atoms with Crippen LogP contribution in [0.5, 0.6) is 0 Å². The number of aromatic nitrogens is 1. The Balaban J connectivity index is 2.15. The average molecular weight is 329 g/mol. The van der Waals surface area contributed by atoms with Gasteiger partial charge in [0, 0.05) is 44.8 Å². The van der Waals surface area contributed by atoms with Crippen LogP contribution in [0.15, 0.2) is 0 Å². The Bertz CT molecular complexity index is 629. The molecule has 24 heavy (non-hydrogen) atoms. The molecule has 3 rings (SSSR count). The zero-order valence-electron chi connectivity index (χ0n) is 15.0. The summed E-state index contributed by atoms with van der Waals surface area (Å²) < 4.78 is 5.51. The number of hydrogen-bond donors (Lipinski definition) is 0. The van der Waals surface area contributed by atoms with Crippen LogP contribution in [0.3, 0.4) is 0 Å². The summed E-state index contributed by atoms with van der Waals surface area (Å²) >= 11 is 0. The van der Waals surface area contributed by atoms with Crippen LogP contribution in [0, 0.1) is 11.3 Å². The fourth-order valence-corrected chi connectivity index (χ4v) is 3.64. The van der Waals surface area contributed by atoms with Gasteiger partial charge in [0.2, 0.25) is 0 Å². The fraction of sp³-hybridized carbons (Fsp3) is 0.667. The van der Waals surface area contributed by atoms with Gasteiger partial charge in [-0.3, -0.25) is 0 Å². The van der Waals surface area contributed by atoms with Crippen LogP contribution in [-0.2, 0) is 17.7 Å². The molecule has 6 nitrogen and oxygen atoms in total. The zero-order valence-corrected chi connectivity index (χ0v) is 15.0. The molecule has 0 aliphatic carbocycles. The molecule has 1 saturated heterocycles. The van der Waals surface area contributed by atoms with Gasteiger partial charge in [0.05, 0.1) is 18.8 Å². The van der Waals surface area contributed by atoms with Crippen molar-refractivity contribution in [3.8, 4) is 6.07 Å². The van der Waals surface area contributed by atoms with E-state index in [1.165, 1.54) is 11.1 Å². The van der Waals surface area contributed by atoms with Crippen molar-refractivity contribution >= 4 is 11.6 Å². The van der Waals surface area contributed by atoms with E-state index in [9.17, 15) is 5.26 Å².